The number of cyclic esters (lactones) is 1. The van der Waals surface area contributed by atoms with Crippen molar-refractivity contribution in [3.05, 3.63) is 11.5 Å². The molecule has 34 heavy (non-hydrogen) atoms. The summed E-state index contributed by atoms with van der Waals surface area (Å²) in [6.07, 6.45) is 24.0. The fourth-order valence-electron chi connectivity index (χ4n) is 4.50. The molecule has 0 aromatic heterocycles. The molecule has 0 saturated carbocycles. The van der Waals surface area contributed by atoms with Crippen LogP contribution in [0.1, 0.15) is 135 Å². The van der Waals surface area contributed by atoms with Crippen LogP contribution < -0.4 is 0 Å². The van der Waals surface area contributed by atoms with Gasteiger partial charge < -0.3 is 24.8 Å². The molecule has 0 fully saturated rings. The number of unbranched alkanes of at least 4 members (excludes halogenated alkanes) is 19. The van der Waals surface area contributed by atoms with Crippen LogP contribution in [-0.4, -0.2) is 46.7 Å². The summed E-state index contributed by atoms with van der Waals surface area (Å²) in [5, 5.41) is 28.4. The molecule has 6 nitrogen and oxygen atoms in total. The lowest BCUT2D eigenvalue weighted by Crippen LogP contribution is -2.32. The van der Waals surface area contributed by atoms with Gasteiger partial charge in [-0.05, 0) is 6.42 Å². The van der Waals surface area contributed by atoms with Crippen molar-refractivity contribution in [2.75, 3.05) is 13.2 Å². The maximum Gasteiger partial charge on any atom is 0.378 e. The van der Waals surface area contributed by atoms with E-state index >= 15 is 0 Å². The van der Waals surface area contributed by atoms with Crippen LogP contribution in [0.5, 0.6) is 0 Å². The number of ether oxygens (including phenoxy) is 2. The zero-order valence-electron chi connectivity index (χ0n) is 21.8. The molecule has 0 saturated heterocycles. The number of hydrogen-bond donors (Lipinski definition) is 3. The Balaban J connectivity index is 1.83. The Morgan fingerprint density at radius 2 is 1.12 bits per heavy atom. The molecule has 6 heteroatoms. The van der Waals surface area contributed by atoms with Crippen molar-refractivity contribution in [2.24, 2.45) is 0 Å². The van der Waals surface area contributed by atoms with Gasteiger partial charge in [0.1, 0.15) is 6.10 Å². The third-order valence-corrected chi connectivity index (χ3v) is 6.71. The molecule has 200 valence electrons. The second-order valence-electron chi connectivity index (χ2n) is 9.85. The SMILES string of the molecule is CCCCCCCCCCCCCCCCCCCCCCOC1=C(O)C(=O)OC1C(O)CO. The topological polar surface area (TPSA) is 96.2 Å². The second-order valence-corrected chi connectivity index (χ2v) is 9.85. The first-order valence-corrected chi connectivity index (χ1v) is 14.2. The van der Waals surface area contributed by atoms with Crippen LogP contribution in [-0.2, 0) is 14.3 Å². The summed E-state index contributed by atoms with van der Waals surface area (Å²) < 4.78 is 10.3. The predicted octanol–water partition coefficient (Wildman–Crippen LogP) is 6.87. The number of rotatable bonds is 24. The van der Waals surface area contributed by atoms with Crippen LogP contribution in [0.15, 0.2) is 11.5 Å². The predicted molar refractivity (Wildman–Crippen MR) is 137 cm³/mol. The third kappa shape index (κ3) is 14.2. The van der Waals surface area contributed by atoms with E-state index in [1.54, 1.807) is 0 Å². The smallest absolute Gasteiger partial charge is 0.378 e. The number of hydrogen-bond acceptors (Lipinski definition) is 6. The molecule has 0 aromatic carbocycles. The molecule has 0 radical (unpaired) electrons. The van der Waals surface area contributed by atoms with Gasteiger partial charge in [-0.3, -0.25) is 0 Å². The summed E-state index contributed by atoms with van der Waals surface area (Å²) in [4.78, 5) is 11.4. The maximum absolute atomic E-state index is 11.4. The Hall–Kier alpha value is -1.27. The van der Waals surface area contributed by atoms with E-state index in [0.29, 0.717) is 6.61 Å². The minimum Gasteiger partial charge on any atom is -0.499 e. The molecular formula is C28H52O6. The van der Waals surface area contributed by atoms with E-state index in [-0.39, 0.29) is 5.76 Å². The van der Waals surface area contributed by atoms with Gasteiger partial charge in [0.25, 0.3) is 0 Å². The van der Waals surface area contributed by atoms with Crippen LogP contribution in [0.4, 0.5) is 0 Å². The normalized spacial score (nSPS) is 16.8. The van der Waals surface area contributed by atoms with Gasteiger partial charge >= 0.3 is 5.97 Å². The monoisotopic (exact) mass is 484 g/mol. The van der Waals surface area contributed by atoms with Crippen LogP contribution >= 0.6 is 0 Å². The lowest BCUT2D eigenvalue weighted by molar-refractivity contribution is -0.148. The molecule has 0 bridgehead atoms. The van der Waals surface area contributed by atoms with E-state index in [1.165, 1.54) is 109 Å². The number of carbonyl (C=O) groups is 1. The van der Waals surface area contributed by atoms with E-state index in [4.69, 9.17) is 14.6 Å². The fraction of sp³-hybridized carbons (Fsp3) is 0.893. The van der Waals surface area contributed by atoms with Crippen molar-refractivity contribution in [2.45, 2.75) is 148 Å². The van der Waals surface area contributed by atoms with Crippen molar-refractivity contribution < 1.29 is 29.6 Å². The summed E-state index contributed by atoms with van der Waals surface area (Å²) >= 11 is 0. The first-order chi connectivity index (χ1) is 16.6. The number of esters is 1. The van der Waals surface area contributed by atoms with Crippen molar-refractivity contribution in [1.82, 2.24) is 0 Å². The molecule has 0 aliphatic carbocycles. The van der Waals surface area contributed by atoms with Gasteiger partial charge in [0.15, 0.2) is 11.9 Å². The Bertz CT molecular complexity index is 533. The highest BCUT2D eigenvalue weighted by Gasteiger charge is 2.40. The molecule has 2 unspecified atom stereocenters. The Morgan fingerprint density at radius 3 is 1.50 bits per heavy atom. The number of carbonyl (C=O) groups excluding carboxylic acids is 1. The summed E-state index contributed by atoms with van der Waals surface area (Å²) in [6, 6.07) is 0. The highest BCUT2D eigenvalue weighted by molar-refractivity contribution is 5.89. The lowest BCUT2D eigenvalue weighted by Gasteiger charge is -2.18. The largest absolute Gasteiger partial charge is 0.499 e. The zero-order valence-corrected chi connectivity index (χ0v) is 21.8. The van der Waals surface area contributed by atoms with Crippen LogP contribution in [0.2, 0.25) is 0 Å². The second kappa shape index (κ2) is 21.0. The molecule has 1 heterocycles. The summed E-state index contributed by atoms with van der Waals surface area (Å²) in [5.74, 6) is -1.59. The molecule has 0 amide bonds. The van der Waals surface area contributed by atoms with Crippen LogP contribution in [0.3, 0.4) is 0 Å². The molecule has 3 N–H and O–H groups in total. The highest BCUT2D eigenvalue weighted by atomic mass is 16.6. The van der Waals surface area contributed by atoms with Gasteiger partial charge in [0, 0.05) is 0 Å². The van der Waals surface area contributed by atoms with Gasteiger partial charge in [-0.25, -0.2) is 4.79 Å². The molecule has 1 rings (SSSR count). The first-order valence-electron chi connectivity index (χ1n) is 14.2. The van der Waals surface area contributed by atoms with Gasteiger partial charge in [-0.1, -0.05) is 129 Å². The molecule has 1 aliphatic rings. The number of aliphatic hydroxyl groups excluding tert-OH is 3. The minimum absolute atomic E-state index is 0.0654. The first kappa shape index (κ1) is 30.8. The van der Waals surface area contributed by atoms with Gasteiger partial charge in [0.05, 0.1) is 13.2 Å². The minimum atomic E-state index is -1.29. The standard InChI is InChI=1S/C28H52O6/c1-2-3-4-5-6-7-8-9-10-11-12-13-14-15-16-17-18-19-20-21-22-33-27-25(31)28(32)34-26(27)24(30)23-29/h24,26,29-31H,2-23H2,1H3. The van der Waals surface area contributed by atoms with E-state index in [0.717, 1.165) is 19.3 Å². The maximum atomic E-state index is 11.4. The quantitative estimate of drug-likeness (QED) is 0.102. The van der Waals surface area contributed by atoms with Gasteiger partial charge in [-0.15, -0.1) is 0 Å². The van der Waals surface area contributed by atoms with Crippen molar-refractivity contribution >= 4 is 5.97 Å². The van der Waals surface area contributed by atoms with E-state index in [9.17, 15) is 15.0 Å². The summed E-state index contributed by atoms with van der Waals surface area (Å²) in [6.45, 7) is 2.05. The summed E-state index contributed by atoms with van der Waals surface area (Å²) in [5.41, 5.74) is 0. The van der Waals surface area contributed by atoms with E-state index in [2.05, 4.69) is 6.92 Å². The molecule has 1 aliphatic heterocycles. The van der Waals surface area contributed by atoms with Crippen LogP contribution in [0, 0.1) is 0 Å². The van der Waals surface area contributed by atoms with E-state index < -0.39 is 30.5 Å². The molecule has 2 atom stereocenters. The molecular weight excluding hydrogens is 432 g/mol. The van der Waals surface area contributed by atoms with Gasteiger partial charge in [-0.2, -0.15) is 0 Å². The van der Waals surface area contributed by atoms with Crippen molar-refractivity contribution in [3.8, 4) is 0 Å². The average molecular weight is 485 g/mol. The highest BCUT2D eigenvalue weighted by Crippen LogP contribution is 2.25. The summed E-state index contributed by atoms with van der Waals surface area (Å²) in [7, 11) is 0. The van der Waals surface area contributed by atoms with Gasteiger partial charge in [0.2, 0.25) is 5.76 Å². The Kier molecular flexibility index (Phi) is 19.0. The van der Waals surface area contributed by atoms with Crippen molar-refractivity contribution in [1.29, 1.82) is 0 Å². The molecule has 0 aromatic rings. The van der Waals surface area contributed by atoms with E-state index in [1.807, 2.05) is 0 Å². The Labute approximate surface area is 208 Å². The third-order valence-electron chi connectivity index (χ3n) is 6.71. The molecule has 0 spiro atoms. The fourth-order valence-corrected chi connectivity index (χ4v) is 4.50. The average Bonchev–Trinajstić information content (AvgIpc) is 3.13. The number of aliphatic hydroxyl groups is 3. The zero-order chi connectivity index (χ0) is 24.9. The lowest BCUT2D eigenvalue weighted by atomic mass is 10.0. The van der Waals surface area contributed by atoms with Crippen molar-refractivity contribution in [3.63, 3.8) is 0 Å². The van der Waals surface area contributed by atoms with Crippen LogP contribution in [0.25, 0.3) is 0 Å². The Morgan fingerprint density at radius 1 is 0.735 bits per heavy atom.